The number of ketones is 1. The van der Waals surface area contributed by atoms with E-state index in [4.69, 9.17) is 17.3 Å². The zero-order chi connectivity index (χ0) is 15.2. The maximum atomic E-state index is 12.0. The number of hydrogen-bond acceptors (Lipinski definition) is 4. The molecule has 1 heterocycles. The molecule has 0 spiro atoms. The Hall–Kier alpha value is -0.750. The Bertz CT molecular complexity index is 503. The summed E-state index contributed by atoms with van der Waals surface area (Å²) in [5.41, 5.74) is 6.44. The molecular formula is C15H20Cl2N2O2S. The van der Waals surface area contributed by atoms with Gasteiger partial charge in [0.1, 0.15) is 0 Å². The highest BCUT2D eigenvalue weighted by Crippen LogP contribution is 2.14. The molecule has 0 unspecified atom stereocenters. The molecule has 1 aromatic carbocycles. The average molecular weight is 363 g/mol. The van der Waals surface area contributed by atoms with Crippen molar-refractivity contribution in [2.75, 3.05) is 24.6 Å². The normalized spacial score (nSPS) is 15.3. The molecule has 0 bridgehead atoms. The molecule has 1 aliphatic heterocycles. The predicted molar refractivity (Wildman–Crippen MR) is 94.1 cm³/mol. The fraction of sp³-hybridized carbons (Fsp3) is 0.467. The first kappa shape index (κ1) is 19.3. The topological polar surface area (TPSA) is 63.4 Å². The Labute approximate surface area is 146 Å². The third-order valence-electron chi connectivity index (χ3n) is 3.52. The van der Waals surface area contributed by atoms with Crippen molar-refractivity contribution in [2.24, 2.45) is 5.73 Å². The van der Waals surface area contributed by atoms with Crippen LogP contribution in [0.1, 0.15) is 23.2 Å². The van der Waals surface area contributed by atoms with Gasteiger partial charge >= 0.3 is 0 Å². The van der Waals surface area contributed by atoms with Gasteiger partial charge < -0.3 is 10.6 Å². The average Bonchev–Trinajstić information content (AvgIpc) is 2.48. The number of halogens is 2. The van der Waals surface area contributed by atoms with Crippen molar-refractivity contribution in [1.82, 2.24) is 4.90 Å². The lowest BCUT2D eigenvalue weighted by atomic mass is 10.1. The molecule has 4 nitrogen and oxygen atoms in total. The van der Waals surface area contributed by atoms with Crippen molar-refractivity contribution in [3.8, 4) is 0 Å². The van der Waals surface area contributed by atoms with E-state index in [0.29, 0.717) is 22.1 Å². The Balaban J connectivity index is 0.00000242. The van der Waals surface area contributed by atoms with Crippen LogP contribution >= 0.6 is 35.8 Å². The second-order valence-electron chi connectivity index (χ2n) is 5.14. The number of nitrogens with two attached hydrogens (primary N) is 1. The Morgan fingerprint density at radius 3 is 2.36 bits per heavy atom. The summed E-state index contributed by atoms with van der Waals surface area (Å²) < 4.78 is 0. The molecule has 1 aromatic rings. The molecule has 1 aliphatic rings. The van der Waals surface area contributed by atoms with Gasteiger partial charge in [0.05, 0.1) is 11.5 Å². The van der Waals surface area contributed by atoms with E-state index < -0.39 is 0 Å². The largest absolute Gasteiger partial charge is 0.342 e. The van der Waals surface area contributed by atoms with Crippen LogP contribution in [0.2, 0.25) is 5.02 Å². The summed E-state index contributed by atoms with van der Waals surface area (Å²) in [6.07, 6.45) is 1.72. The Morgan fingerprint density at radius 2 is 1.77 bits per heavy atom. The lowest BCUT2D eigenvalue weighted by Gasteiger charge is -2.30. The fourth-order valence-electron chi connectivity index (χ4n) is 2.19. The first-order valence-electron chi connectivity index (χ1n) is 6.96. The van der Waals surface area contributed by atoms with Crippen molar-refractivity contribution < 1.29 is 9.59 Å². The van der Waals surface area contributed by atoms with Crippen molar-refractivity contribution >= 4 is 47.5 Å². The van der Waals surface area contributed by atoms with E-state index in [9.17, 15) is 9.59 Å². The number of likely N-dealkylation sites (tertiary alicyclic amines) is 1. The van der Waals surface area contributed by atoms with Crippen LogP contribution in [0.15, 0.2) is 24.3 Å². The maximum absolute atomic E-state index is 12.0. The summed E-state index contributed by atoms with van der Waals surface area (Å²) in [7, 11) is 0. The fourth-order valence-corrected chi connectivity index (χ4v) is 3.13. The summed E-state index contributed by atoms with van der Waals surface area (Å²) in [6, 6.07) is 7.02. The minimum Gasteiger partial charge on any atom is -0.342 e. The molecule has 0 saturated carbocycles. The van der Waals surface area contributed by atoms with Crippen LogP contribution in [-0.4, -0.2) is 47.2 Å². The van der Waals surface area contributed by atoms with Gasteiger partial charge in [-0.2, -0.15) is 0 Å². The third kappa shape index (κ3) is 5.80. The maximum Gasteiger partial charge on any atom is 0.232 e. The van der Waals surface area contributed by atoms with Crippen LogP contribution in [0.5, 0.6) is 0 Å². The number of nitrogens with zero attached hydrogens (tertiary/aromatic N) is 1. The Kier molecular flexibility index (Phi) is 8.25. The van der Waals surface area contributed by atoms with Gasteiger partial charge in [0.15, 0.2) is 5.78 Å². The number of carbonyl (C=O) groups is 2. The van der Waals surface area contributed by atoms with Gasteiger partial charge in [-0.1, -0.05) is 11.6 Å². The van der Waals surface area contributed by atoms with E-state index in [-0.39, 0.29) is 30.1 Å². The van der Waals surface area contributed by atoms with Gasteiger partial charge in [0, 0.05) is 29.7 Å². The van der Waals surface area contributed by atoms with E-state index in [1.807, 2.05) is 4.90 Å². The number of carbonyl (C=O) groups excluding carboxylic acids is 2. The molecule has 0 atom stereocenters. The van der Waals surface area contributed by atoms with Gasteiger partial charge in [-0.25, -0.2) is 0 Å². The van der Waals surface area contributed by atoms with E-state index in [2.05, 4.69) is 0 Å². The van der Waals surface area contributed by atoms with Crippen LogP contribution in [0.4, 0.5) is 0 Å². The highest BCUT2D eigenvalue weighted by Gasteiger charge is 2.20. The number of thioether (sulfide) groups is 1. The standard InChI is InChI=1S/C15H19ClN2O2S.ClH/c16-12-3-1-11(2-4-12)14(19)9-21-10-15(20)18-7-5-13(17)6-8-18;/h1-4,13H,5-10,17H2;1H. The number of Topliss-reactive ketones (excluding diaryl/α,β-unsaturated/α-hetero) is 1. The minimum atomic E-state index is 0. The van der Waals surface area contributed by atoms with Crippen molar-refractivity contribution in [2.45, 2.75) is 18.9 Å². The summed E-state index contributed by atoms with van der Waals surface area (Å²) in [5, 5.41) is 0.609. The van der Waals surface area contributed by atoms with Crippen LogP contribution in [0.25, 0.3) is 0 Å². The van der Waals surface area contributed by atoms with Crippen molar-refractivity contribution in [3.63, 3.8) is 0 Å². The lowest BCUT2D eigenvalue weighted by molar-refractivity contribution is -0.129. The van der Waals surface area contributed by atoms with E-state index in [0.717, 1.165) is 25.9 Å². The molecule has 122 valence electrons. The smallest absolute Gasteiger partial charge is 0.232 e. The van der Waals surface area contributed by atoms with Gasteiger partial charge in [0.2, 0.25) is 5.91 Å². The molecule has 1 saturated heterocycles. The van der Waals surface area contributed by atoms with E-state index in [1.54, 1.807) is 24.3 Å². The lowest BCUT2D eigenvalue weighted by Crippen LogP contribution is -2.43. The number of benzene rings is 1. The van der Waals surface area contributed by atoms with Crippen LogP contribution in [0.3, 0.4) is 0 Å². The van der Waals surface area contributed by atoms with Gasteiger partial charge in [-0.3, -0.25) is 9.59 Å². The molecule has 1 fully saturated rings. The molecule has 0 radical (unpaired) electrons. The van der Waals surface area contributed by atoms with Crippen LogP contribution in [-0.2, 0) is 4.79 Å². The molecule has 1 amide bonds. The first-order chi connectivity index (χ1) is 10.1. The number of hydrogen-bond donors (Lipinski definition) is 1. The van der Waals surface area contributed by atoms with Gasteiger partial charge in [0.25, 0.3) is 0 Å². The summed E-state index contributed by atoms with van der Waals surface area (Å²) in [5.74, 6) is 0.760. The zero-order valence-electron chi connectivity index (χ0n) is 12.2. The monoisotopic (exact) mass is 362 g/mol. The van der Waals surface area contributed by atoms with E-state index >= 15 is 0 Å². The van der Waals surface area contributed by atoms with Gasteiger partial charge in [-0.15, -0.1) is 24.2 Å². The minimum absolute atomic E-state index is 0. The van der Waals surface area contributed by atoms with Gasteiger partial charge in [-0.05, 0) is 37.1 Å². The number of piperidine rings is 1. The third-order valence-corrected chi connectivity index (χ3v) is 4.69. The predicted octanol–water partition coefficient (Wildman–Crippen LogP) is 2.63. The molecule has 7 heteroatoms. The van der Waals surface area contributed by atoms with Crippen molar-refractivity contribution in [3.05, 3.63) is 34.9 Å². The highest BCUT2D eigenvalue weighted by molar-refractivity contribution is 8.00. The first-order valence-corrected chi connectivity index (χ1v) is 8.49. The quantitative estimate of drug-likeness (QED) is 0.817. The number of amides is 1. The second-order valence-corrected chi connectivity index (χ2v) is 6.56. The SMILES string of the molecule is Cl.NC1CCN(C(=O)CSCC(=O)c2ccc(Cl)cc2)CC1. The number of rotatable bonds is 5. The Morgan fingerprint density at radius 1 is 1.18 bits per heavy atom. The summed E-state index contributed by atoms with van der Waals surface area (Å²) >= 11 is 7.14. The van der Waals surface area contributed by atoms with Crippen LogP contribution in [0, 0.1) is 0 Å². The molecule has 22 heavy (non-hydrogen) atoms. The summed E-state index contributed by atoms with van der Waals surface area (Å²) in [6.45, 7) is 1.46. The molecular weight excluding hydrogens is 343 g/mol. The van der Waals surface area contributed by atoms with Crippen molar-refractivity contribution in [1.29, 1.82) is 0 Å². The molecule has 0 aromatic heterocycles. The molecule has 2 N–H and O–H groups in total. The molecule has 2 rings (SSSR count). The van der Waals surface area contributed by atoms with Crippen LogP contribution < -0.4 is 5.73 Å². The van der Waals surface area contributed by atoms with E-state index in [1.165, 1.54) is 11.8 Å². The molecule has 0 aliphatic carbocycles. The summed E-state index contributed by atoms with van der Waals surface area (Å²) in [4.78, 5) is 25.8. The zero-order valence-corrected chi connectivity index (χ0v) is 14.6. The second kappa shape index (κ2) is 9.40. The highest BCUT2D eigenvalue weighted by atomic mass is 35.5.